The van der Waals surface area contributed by atoms with Gasteiger partial charge in [0, 0.05) is 23.7 Å². The second-order valence-corrected chi connectivity index (χ2v) is 18.5. The number of rotatable bonds is 8. The summed E-state index contributed by atoms with van der Waals surface area (Å²) in [5.74, 6) is 0.701. The zero-order chi connectivity index (χ0) is 31.9. The fourth-order valence-corrected chi connectivity index (χ4v) is 7.62. The molecule has 0 saturated carbocycles. The van der Waals surface area contributed by atoms with E-state index in [1.54, 1.807) is 0 Å². The summed E-state index contributed by atoms with van der Waals surface area (Å²) in [6.45, 7) is 13.7. The van der Waals surface area contributed by atoms with Crippen LogP contribution in [0.3, 0.4) is 0 Å². The molecule has 0 aliphatic carbocycles. The second-order valence-electron chi connectivity index (χ2n) is 13.8. The molecular formula is C39H44N2O3Si. The number of aliphatic hydroxyl groups is 1. The molecule has 1 aliphatic heterocycles. The van der Waals surface area contributed by atoms with Crippen LogP contribution in [-0.4, -0.2) is 29.6 Å². The smallest absolute Gasteiger partial charge is 0.192 e. The van der Waals surface area contributed by atoms with Gasteiger partial charge >= 0.3 is 0 Å². The van der Waals surface area contributed by atoms with Crippen LogP contribution < -0.4 is 4.74 Å². The summed E-state index contributed by atoms with van der Waals surface area (Å²) in [7, 11) is -2.04. The average molecular weight is 617 g/mol. The van der Waals surface area contributed by atoms with Crippen LogP contribution in [0.15, 0.2) is 122 Å². The van der Waals surface area contributed by atoms with Crippen molar-refractivity contribution in [3.05, 3.63) is 155 Å². The fourth-order valence-electron chi connectivity index (χ4n) is 6.31. The second kappa shape index (κ2) is 11.8. The Hall–Kier alpha value is -3.97. The highest BCUT2D eigenvalue weighted by molar-refractivity contribution is 6.74. The van der Waals surface area contributed by atoms with Crippen molar-refractivity contribution < 1.29 is 14.3 Å². The molecule has 5 nitrogen and oxygen atoms in total. The fraction of sp³-hybridized carbons (Fsp3) is 0.308. The maximum absolute atomic E-state index is 12.4. The van der Waals surface area contributed by atoms with E-state index in [1.165, 1.54) is 0 Å². The molecule has 232 valence electrons. The number of hydrogen-bond acceptors (Lipinski definition) is 4. The third-order valence-electron chi connectivity index (χ3n) is 9.83. The van der Waals surface area contributed by atoms with Crippen molar-refractivity contribution in [3.63, 3.8) is 0 Å². The van der Waals surface area contributed by atoms with Gasteiger partial charge in [0.05, 0.1) is 24.7 Å². The number of ether oxygens (including phenoxy) is 1. The molecule has 0 radical (unpaired) electrons. The molecule has 6 rings (SSSR count). The molecule has 1 aliphatic rings. The van der Waals surface area contributed by atoms with Gasteiger partial charge in [0.2, 0.25) is 0 Å². The normalized spacial score (nSPS) is 16.8. The molecule has 2 atom stereocenters. The first-order chi connectivity index (χ1) is 21.5. The Bertz CT molecular complexity index is 1650. The van der Waals surface area contributed by atoms with E-state index in [-0.39, 0.29) is 11.1 Å². The van der Waals surface area contributed by atoms with Crippen molar-refractivity contribution in [3.8, 4) is 5.75 Å². The van der Waals surface area contributed by atoms with Crippen LogP contribution in [0.4, 0.5) is 0 Å². The van der Waals surface area contributed by atoms with Gasteiger partial charge in [-0.1, -0.05) is 130 Å². The maximum atomic E-state index is 12.4. The number of benzene rings is 4. The summed E-state index contributed by atoms with van der Waals surface area (Å²) in [6, 6.07) is 37.5. The van der Waals surface area contributed by atoms with Gasteiger partial charge < -0.3 is 18.8 Å². The third kappa shape index (κ3) is 5.45. The van der Waals surface area contributed by atoms with Gasteiger partial charge in [-0.25, -0.2) is 4.98 Å². The van der Waals surface area contributed by atoms with Gasteiger partial charge in [-0.3, -0.25) is 0 Å². The number of imidazole rings is 1. The molecular weight excluding hydrogens is 573 g/mol. The third-order valence-corrected chi connectivity index (χ3v) is 14.3. The van der Waals surface area contributed by atoms with Gasteiger partial charge in [0.25, 0.3) is 0 Å². The zero-order valence-electron chi connectivity index (χ0n) is 27.2. The van der Waals surface area contributed by atoms with E-state index in [2.05, 4.69) is 117 Å². The largest absolute Gasteiger partial charge is 0.493 e. The highest BCUT2D eigenvalue weighted by Gasteiger charge is 2.43. The lowest BCUT2D eigenvalue weighted by molar-refractivity contribution is 0.0844. The minimum Gasteiger partial charge on any atom is -0.493 e. The topological polar surface area (TPSA) is 56.5 Å². The van der Waals surface area contributed by atoms with E-state index in [4.69, 9.17) is 14.1 Å². The number of fused-ring (bicyclic) bond motifs is 1. The van der Waals surface area contributed by atoms with E-state index >= 15 is 0 Å². The molecule has 0 bridgehead atoms. The van der Waals surface area contributed by atoms with Gasteiger partial charge in [0.15, 0.2) is 8.32 Å². The van der Waals surface area contributed by atoms with Crippen LogP contribution in [0.5, 0.6) is 5.75 Å². The van der Waals surface area contributed by atoms with Crippen LogP contribution in [0.1, 0.15) is 73.7 Å². The minimum absolute atomic E-state index is 0.0789. The first-order valence-corrected chi connectivity index (χ1v) is 18.7. The van der Waals surface area contributed by atoms with E-state index < -0.39 is 19.5 Å². The Labute approximate surface area is 268 Å². The van der Waals surface area contributed by atoms with Gasteiger partial charge in [0.1, 0.15) is 16.9 Å². The summed E-state index contributed by atoms with van der Waals surface area (Å²) < 4.78 is 15.3. The molecule has 4 aromatic carbocycles. The molecule has 45 heavy (non-hydrogen) atoms. The van der Waals surface area contributed by atoms with E-state index in [9.17, 15) is 5.11 Å². The van der Waals surface area contributed by atoms with Crippen molar-refractivity contribution >= 4 is 8.32 Å². The predicted octanol–water partition coefficient (Wildman–Crippen LogP) is 8.82. The number of aromatic nitrogens is 2. The standard InChI is InChI=1S/C39H44N2O3Si/c1-37(2,3)45(5,6)44-34-25-26-43-36-32(34)23-16-24-33(36)38(4,42)35-27-41(28-40-35)39(29-17-10-7-11-18-29,30-19-12-8-13-20-30)31-21-14-9-15-22-31/h7-24,27-28,34,42H,25-26H2,1-6H3. The van der Waals surface area contributed by atoms with E-state index in [1.807, 2.05) is 49.8 Å². The van der Waals surface area contributed by atoms with Crippen molar-refractivity contribution in [2.75, 3.05) is 6.61 Å². The molecule has 2 unspecified atom stereocenters. The Balaban J connectivity index is 1.48. The van der Waals surface area contributed by atoms with Gasteiger partial charge in [-0.15, -0.1) is 0 Å². The molecule has 1 N–H and O–H groups in total. The Morgan fingerprint density at radius 2 is 1.31 bits per heavy atom. The first kappa shape index (κ1) is 31.0. The van der Waals surface area contributed by atoms with Crippen LogP contribution in [0.2, 0.25) is 18.1 Å². The Morgan fingerprint density at radius 1 is 0.778 bits per heavy atom. The molecule has 0 amide bonds. The van der Waals surface area contributed by atoms with Gasteiger partial charge in [-0.2, -0.15) is 0 Å². The lowest BCUT2D eigenvalue weighted by Gasteiger charge is -2.41. The maximum Gasteiger partial charge on any atom is 0.192 e. The number of hydrogen-bond donors (Lipinski definition) is 1. The van der Waals surface area contributed by atoms with E-state index in [0.717, 1.165) is 28.7 Å². The monoisotopic (exact) mass is 616 g/mol. The molecule has 1 aromatic heterocycles. The van der Waals surface area contributed by atoms with Crippen LogP contribution >= 0.6 is 0 Å². The Morgan fingerprint density at radius 3 is 1.82 bits per heavy atom. The highest BCUT2D eigenvalue weighted by Crippen LogP contribution is 2.47. The molecule has 0 fully saturated rings. The van der Waals surface area contributed by atoms with Gasteiger partial charge in [-0.05, 0) is 41.7 Å². The SMILES string of the molecule is CC(O)(c1cn(C(c2ccccc2)(c2ccccc2)c2ccccc2)cn1)c1cccc2c1OCCC2O[Si](C)(C)C(C)(C)C. The van der Waals surface area contributed by atoms with Crippen LogP contribution in [0.25, 0.3) is 0 Å². The number of para-hydroxylation sites is 1. The zero-order valence-corrected chi connectivity index (χ0v) is 28.2. The van der Waals surface area contributed by atoms with Crippen LogP contribution in [0, 0.1) is 0 Å². The predicted molar refractivity (Wildman–Crippen MR) is 183 cm³/mol. The number of nitrogens with zero attached hydrogens (tertiary/aromatic N) is 2. The average Bonchev–Trinajstić information content (AvgIpc) is 3.54. The molecule has 6 heteroatoms. The van der Waals surface area contributed by atoms with Crippen molar-refractivity contribution in [1.29, 1.82) is 0 Å². The molecule has 0 spiro atoms. The highest BCUT2D eigenvalue weighted by atomic mass is 28.4. The summed E-state index contributed by atoms with van der Waals surface area (Å²) in [5, 5.41) is 12.5. The van der Waals surface area contributed by atoms with Crippen molar-refractivity contribution in [2.45, 2.75) is 69.5 Å². The summed E-state index contributed by atoms with van der Waals surface area (Å²) in [5.41, 5.74) is 3.37. The summed E-state index contributed by atoms with van der Waals surface area (Å²) >= 11 is 0. The summed E-state index contributed by atoms with van der Waals surface area (Å²) in [6.07, 6.45) is 4.53. The molecule has 2 heterocycles. The summed E-state index contributed by atoms with van der Waals surface area (Å²) in [4.78, 5) is 4.90. The quantitative estimate of drug-likeness (QED) is 0.140. The minimum atomic E-state index is -2.04. The Kier molecular flexibility index (Phi) is 8.10. The lowest BCUT2D eigenvalue weighted by atomic mass is 9.76. The molecule has 0 saturated heterocycles. The van der Waals surface area contributed by atoms with Crippen LogP contribution in [-0.2, 0) is 15.6 Å². The van der Waals surface area contributed by atoms with Crippen molar-refractivity contribution in [1.82, 2.24) is 9.55 Å². The lowest BCUT2D eigenvalue weighted by Crippen LogP contribution is -2.42. The molecule has 5 aromatic rings. The van der Waals surface area contributed by atoms with Crippen molar-refractivity contribution in [2.24, 2.45) is 0 Å². The van der Waals surface area contributed by atoms with E-state index in [0.29, 0.717) is 23.6 Å². The first-order valence-electron chi connectivity index (χ1n) is 15.8.